The van der Waals surface area contributed by atoms with Crippen molar-refractivity contribution in [1.82, 2.24) is 15.5 Å². The molecule has 1 heterocycles. The fourth-order valence-electron chi connectivity index (χ4n) is 2.31. The van der Waals surface area contributed by atoms with E-state index in [1.165, 1.54) is 0 Å². The average Bonchev–Trinajstić information content (AvgIpc) is 3.00. The predicted octanol–water partition coefficient (Wildman–Crippen LogP) is 2.60. The van der Waals surface area contributed by atoms with E-state index in [2.05, 4.69) is 15.5 Å². The van der Waals surface area contributed by atoms with Gasteiger partial charge in [0, 0.05) is 22.4 Å². The number of carbonyl (C=O) groups is 1. The smallest absolute Gasteiger partial charge is 0.239 e. The van der Waals surface area contributed by atoms with Crippen LogP contribution in [-0.2, 0) is 21.3 Å². The second kappa shape index (κ2) is 8.73. The Morgan fingerprint density at radius 2 is 2.08 bits per heavy atom. The Bertz CT molecular complexity index is 711. The molecule has 130 valence electrons. The van der Waals surface area contributed by atoms with Crippen LogP contribution in [0, 0.1) is 6.92 Å². The number of nitrogens with zero attached hydrogens (tertiary/aromatic N) is 2. The predicted molar refractivity (Wildman–Crippen MR) is 93.7 cm³/mol. The first-order chi connectivity index (χ1) is 11.5. The van der Waals surface area contributed by atoms with Crippen LogP contribution in [0.15, 0.2) is 28.8 Å². The average molecular weight is 349 g/mol. The number of amides is 1. The first kappa shape index (κ1) is 18.3. The van der Waals surface area contributed by atoms with Crippen LogP contribution in [0.25, 0.3) is 11.4 Å². The van der Waals surface area contributed by atoms with Gasteiger partial charge >= 0.3 is 0 Å². The Morgan fingerprint density at radius 3 is 2.75 bits per heavy atom. The molecule has 2 rings (SSSR count). The normalized spacial score (nSPS) is 12.3. The number of carbonyl (C=O) groups excluding carboxylic acids is 1. The molecule has 2 aromatic rings. The summed E-state index contributed by atoms with van der Waals surface area (Å²) in [7, 11) is -1.38. The van der Waals surface area contributed by atoms with Crippen molar-refractivity contribution >= 4 is 16.7 Å². The molecule has 7 heteroatoms. The van der Waals surface area contributed by atoms with Crippen molar-refractivity contribution in [3.63, 3.8) is 0 Å². The van der Waals surface area contributed by atoms with E-state index >= 15 is 0 Å². The lowest BCUT2D eigenvalue weighted by Crippen LogP contribution is -2.36. The van der Waals surface area contributed by atoms with Crippen molar-refractivity contribution in [2.24, 2.45) is 0 Å². The molecule has 1 N–H and O–H groups in total. The molecule has 0 bridgehead atoms. The largest absolute Gasteiger partial charge is 0.353 e. The minimum absolute atomic E-state index is 0.0569. The maximum atomic E-state index is 12.1. The van der Waals surface area contributed by atoms with Gasteiger partial charge in [-0.3, -0.25) is 9.00 Å². The van der Waals surface area contributed by atoms with Gasteiger partial charge in [0.25, 0.3) is 0 Å². The molecule has 6 nitrogen and oxygen atoms in total. The van der Waals surface area contributed by atoms with Crippen LogP contribution in [-0.4, -0.2) is 32.1 Å². The quantitative estimate of drug-likeness (QED) is 0.792. The Morgan fingerprint density at radius 1 is 1.33 bits per heavy atom. The van der Waals surface area contributed by atoms with E-state index in [1.807, 2.05) is 45.0 Å². The van der Waals surface area contributed by atoms with Gasteiger partial charge in [-0.1, -0.05) is 42.8 Å². The summed E-state index contributed by atoms with van der Waals surface area (Å²) in [5.74, 6) is 0.557. The summed E-state index contributed by atoms with van der Waals surface area (Å²) >= 11 is 0. The van der Waals surface area contributed by atoms with E-state index in [9.17, 15) is 9.00 Å². The van der Waals surface area contributed by atoms with Crippen LogP contribution in [0.2, 0.25) is 0 Å². The van der Waals surface area contributed by atoms with Crippen molar-refractivity contribution in [2.75, 3.05) is 5.75 Å². The van der Waals surface area contributed by atoms with E-state index < -0.39 is 10.8 Å². The first-order valence-electron chi connectivity index (χ1n) is 8.05. The van der Waals surface area contributed by atoms with Gasteiger partial charge in [0.15, 0.2) is 0 Å². The van der Waals surface area contributed by atoms with Gasteiger partial charge in [0.05, 0.1) is 0 Å². The molecule has 0 saturated carbocycles. The highest BCUT2D eigenvalue weighted by atomic mass is 32.2. The zero-order valence-electron chi connectivity index (χ0n) is 14.2. The number of rotatable bonds is 8. The molecule has 1 aromatic heterocycles. The summed E-state index contributed by atoms with van der Waals surface area (Å²) in [6, 6.07) is 7.88. The lowest BCUT2D eigenvalue weighted by Gasteiger charge is -2.14. The Balaban J connectivity index is 1.92. The monoisotopic (exact) mass is 349 g/mol. The van der Waals surface area contributed by atoms with E-state index in [0.29, 0.717) is 5.82 Å². The fraction of sp³-hybridized carbons (Fsp3) is 0.471. The summed E-state index contributed by atoms with van der Waals surface area (Å²) in [6.07, 6.45) is 1.72. The lowest BCUT2D eigenvalue weighted by atomic mass is 10.1. The maximum Gasteiger partial charge on any atom is 0.239 e. The Hall–Kier alpha value is -2.02. The summed E-state index contributed by atoms with van der Waals surface area (Å²) in [6.45, 7) is 6.01. The third-order valence-electron chi connectivity index (χ3n) is 3.67. The highest BCUT2D eigenvalue weighted by Gasteiger charge is 2.16. The van der Waals surface area contributed by atoms with Crippen LogP contribution < -0.4 is 5.32 Å². The SMILES string of the molecule is CCC(CC)NC(=O)CS(=O)Cc1nc(-c2cccc(C)c2)no1. The van der Waals surface area contributed by atoms with Crippen molar-refractivity contribution in [3.05, 3.63) is 35.7 Å². The van der Waals surface area contributed by atoms with Gasteiger partial charge in [-0.25, -0.2) is 0 Å². The number of hydrogen-bond acceptors (Lipinski definition) is 5. The van der Waals surface area contributed by atoms with E-state index in [1.54, 1.807) is 0 Å². The molecule has 0 aliphatic rings. The fourth-order valence-corrected chi connectivity index (χ4v) is 3.18. The van der Waals surface area contributed by atoms with Crippen molar-refractivity contribution < 1.29 is 13.5 Å². The zero-order chi connectivity index (χ0) is 17.5. The van der Waals surface area contributed by atoms with E-state index in [-0.39, 0.29) is 29.3 Å². The van der Waals surface area contributed by atoms with Crippen molar-refractivity contribution in [1.29, 1.82) is 0 Å². The lowest BCUT2D eigenvalue weighted by molar-refractivity contribution is -0.119. The number of aryl methyl sites for hydroxylation is 1. The minimum Gasteiger partial charge on any atom is -0.353 e. The second-order valence-electron chi connectivity index (χ2n) is 5.69. The number of nitrogens with one attached hydrogen (secondary N) is 1. The van der Waals surface area contributed by atoms with Gasteiger partial charge in [0.1, 0.15) is 11.5 Å². The van der Waals surface area contributed by atoms with Crippen molar-refractivity contribution in [3.8, 4) is 11.4 Å². The zero-order valence-corrected chi connectivity index (χ0v) is 15.1. The number of hydrogen-bond donors (Lipinski definition) is 1. The van der Waals surface area contributed by atoms with Gasteiger partial charge < -0.3 is 9.84 Å². The molecule has 1 unspecified atom stereocenters. The number of benzene rings is 1. The highest BCUT2D eigenvalue weighted by Crippen LogP contribution is 2.17. The molecule has 0 aliphatic heterocycles. The van der Waals surface area contributed by atoms with Crippen LogP contribution >= 0.6 is 0 Å². The Kier molecular flexibility index (Phi) is 6.66. The molecule has 0 fully saturated rings. The summed E-state index contributed by atoms with van der Waals surface area (Å²) in [5.41, 5.74) is 1.95. The van der Waals surface area contributed by atoms with Crippen LogP contribution in [0.3, 0.4) is 0 Å². The van der Waals surface area contributed by atoms with Gasteiger partial charge in [-0.2, -0.15) is 4.98 Å². The Labute approximate surface area is 144 Å². The molecule has 1 amide bonds. The standard InChI is InChI=1S/C17H23N3O3S/c1-4-14(5-2)18-15(21)10-24(22)11-16-19-17(20-23-16)13-8-6-7-12(3)9-13/h6-9,14H,4-5,10-11H2,1-3H3,(H,18,21). The topological polar surface area (TPSA) is 85.1 Å². The third-order valence-corrected chi connectivity index (χ3v) is 4.82. The van der Waals surface area contributed by atoms with E-state index in [0.717, 1.165) is 24.0 Å². The second-order valence-corrected chi connectivity index (χ2v) is 7.15. The van der Waals surface area contributed by atoms with Gasteiger partial charge in [0.2, 0.25) is 17.6 Å². The van der Waals surface area contributed by atoms with Crippen LogP contribution in [0.4, 0.5) is 0 Å². The maximum absolute atomic E-state index is 12.1. The highest BCUT2D eigenvalue weighted by molar-refractivity contribution is 7.84. The molecule has 0 saturated heterocycles. The van der Waals surface area contributed by atoms with Crippen LogP contribution in [0.1, 0.15) is 38.1 Å². The minimum atomic E-state index is -1.38. The molecule has 0 radical (unpaired) electrons. The van der Waals surface area contributed by atoms with Crippen molar-refractivity contribution in [2.45, 2.75) is 45.4 Å². The number of aromatic nitrogens is 2. The summed E-state index contributed by atoms with van der Waals surface area (Å²) in [4.78, 5) is 16.1. The van der Waals surface area contributed by atoms with E-state index in [4.69, 9.17) is 4.52 Å². The van der Waals surface area contributed by atoms with Gasteiger partial charge in [-0.05, 0) is 25.8 Å². The molecule has 24 heavy (non-hydrogen) atoms. The first-order valence-corrected chi connectivity index (χ1v) is 9.54. The third kappa shape index (κ3) is 5.26. The molecule has 1 aromatic carbocycles. The van der Waals surface area contributed by atoms with Gasteiger partial charge in [-0.15, -0.1) is 0 Å². The molecular weight excluding hydrogens is 326 g/mol. The molecular formula is C17H23N3O3S. The molecule has 1 atom stereocenters. The molecule has 0 spiro atoms. The van der Waals surface area contributed by atoms with Crippen LogP contribution in [0.5, 0.6) is 0 Å². The summed E-state index contributed by atoms with van der Waals surface area (Å²) in [5, 5.41) is 6.79. The molecule has 0 aliphatic carbocycles. The summed E-state index contributed by atoms with van der Waals surface area (Å²) < 4.78 is 17.3.